The summed E-state index contributed by atoms with van der Waals surface area (Å²) >= 11 is 0. The molecule has 1 fully saturated rings. The highest BCUT2D eigenvalue weighted by Crippen LogP contribution is 2.68. The van der Waals surface area contributed by atoms with Crippen molar-refractivity contribution in [3.63, 3.8) is 0 Å². The van der Waals surface area contributed by atoms with E-state index in [2.05, 4.69) is 43.1 Å². The van der Waals surface area contributed by atoms with E-state index in [4.69, 9.17) is 0 Å². The number of carbonyl (C=O) groups excluding carboxylic acids is 1. The first-order chi connectivity index (χ1) is 9.25. The van der Waals surface area contributed by atoms with Crippen molar-refractivity contribution >= 4 is 5.91 Å². The smallest absolute Gasteiger partial charge is 0.224 e. The average Bonchev–Trinajstić information content (AvgIpc) is 2.63. The highest BCUT2D eigenvalue weighted by Gasteiger charge is 2.68. The van der Waals surface area contributed by atoms with Gasteiger partial charge in [-0.2, -0.15) is 5.10 Å². The Kier molecular flexibility index (Phi) is 2.76. The van der Waals surface area contributed by atoms with Crippen molar-refractivity contribution in [3.8, 4) is 0 Å². The second kappa shape index (κ2) is 4.06. The van der Waals surface area contributed by atoms with Crippen molar-refractivity contribution in [2.45, 2.75) is 60.0 Å². The minimum Gasteiger partial charge on any atom is -0.346 e. The average molecular weight is 276 g/mol. The zero-order valence-corrected chi connectivity index (χ0v) is 13.0. The van der Waals surface area contributed by atoms with Gasteiger partial charge in [0.2, 0.25) is 5.91 Å². The lowest BCUT2D eigenvalue weighted by Crippen LogP contribution is -2.35. The van der Waals surface area contributed by atoms with Crippen LogP contribution in [0.1, 0.15) is 58.2 Å². The van der Waals surface area contributed by atoms with Crippen LogP contribution in [-0.2, 0) is 11.3 Å². The van der Waals surface area contributed by atoms with Gasteiger partial charge in [0.05, 0.1) is 6.04 Å². The van der Waals surface area contributed by atoms with Crippen LogP contribution in [0.3, 0.4) is 0 Å². The van der Waals surface area contributed by atoms with Gasteiger partial charge in [-0.05, 0) is 30.6 Å². The minimum absolute atomic E-state index is 0.0182. The van der Waals surface area contributed by atoms with E-state index in [0.29, 0.717) is 0 Å². The highest BCUT2D eigenvalue weighted by molar-refractivity contribution is 5.84. The van der Waals surface area contributed by atoms with Crippen LogP contribution in [0.2, 0.25) is 0 Å². The molecule has 1 aromatic rings. The van der Waals surface area contributed by atoms with E-state index >= 15 is 0 Å². The fraction of sp³-hybridized carbons (Fsp3) is 0.800. The Balaban J connectivity index is 1.76. The topological polar surface area (TPSA) is 59.8 Å². The van der Waals surface area contributed by atoms with Crippen LogP contribution in [0.15, 0.2) is 0 Å². The monoisotopic (exact) mass is 276 g/mol. The molecule has 0 unspecified atom stereocenters. The van der Waals surface area contributed by atoms with Crippen molar-refractivity contribution in [2.75, 3.05) is 0 Å². The molecule has 1 aromatic heterocycles. The number of nitrogens with one attached hydrogen (secondary N) is 1. The highest BCUT2D eigenvalue weighted by atomic mass is 16.2. The zero-order valence-electron chi connectivity index (χ0n) is 13.0. The number of hydrogen-bond acceptors (Lipinski definition) is 3. The van der Waals surface area contributed by atoms with Gasteiger partial charge < -0.3 is 5.32 Å². The summed E-state index contributed by atoms with van der Waals surface area (Å²) in [5.74, 6) is 1.96. The van der Waals surface area contributed by atoms with Crippen molar-refractivity contribution in [2.24, 2.45) is 16.7 Å². The summed E-state index contributed by atoms with van der Waals surface area (Å²) in [4.78, 5) is 17.0. The Morgan fingerprint density at radius 1 is 1.30 bits per heavy atom. The molecule has 20 heavy (non-hydrogen) atoms. The van der Waals surface area contributed by atoms with E-state index in [1.807, 2.05) is 11.6 Å². The van der Waals surface area contributed by atoms with Crippen LogP contribution in [-0.4, -0.2) is 20.7 Å². The molecule has 0 saturated heterocycles. The van der Waals surface area contributed by atoms with Gasteiger partial charge in [0.25, 0.3) is 0 Å². The van der Waals surface area contributed by atoms with E-state index in [9.17, 15) is 4.79 Å². The number of carbonyl (C=O) groups is 1. The Bertz CT molecular complexity index is 544. The molecule has 1 N–H and O–H groups in total. The number of hydrogen-bond donors (Lipinski definition) is 1. The first-order valence-electron chi connectivity index (χ1n) is 7.47. The second-order valence-electron chi connectivity index (χ2n) is 7.32. The SMILES string of the molecule is Cc1nc2n(n1)CCC[C@H]2NC(=O)C1C(C)(C)C1(C)C. The Hall–Kier alpha value is -1.39. The fourth-order valence-corrected chi connectivity index (χ4v) is 3.71. The van der Waals surface area contributed by atoms with Gasteiger partial charge in [0.1, 0.15) is 11.6 Å². The van der Waals surface area contributed by atoms with E-state index < -0.39 is 0 Å². The zero-order chi connectivity index (χ0) is 14.7. The normalized spacial score (nSPS) is 26.9. The first-order valence-corrected chi connectivity index (χ1v) is 7.47. The summed E-state index contributed by atoms with van der Waals surface area (Å²) in [6.07, 6.45) is 2.00. The molecular formula is C15H24N4O. The maximum atomic E-state index is 12.6. The molecule has 2 aliphatic rings. The number of amides is 1. The van der Waals surface area contributed by atoms with Gasteiger partial charge >= 0.3 is 0 Å². The predicted molar refractivity (Wildman–Crippen MR) is 75.9 cm³/mol. The van der Waals surface area contributed by atoms with Gasteiger partial charge in [0.15, 0.2) is 0 Å². The lowest BCUT2D eigenvalue weighted by atomic mass is 10.0. The fourth-order valence-electron chi connectivity index (χ4n) is 3.71. The molecule has 0 bridgehead atoms. The minimum atomic E-state index is 0.0182. The maximum absolute atomic E-state index is 12.6. The molecule has 110 valence electrons. The third kappa shape index (κ3) is 1.79. The third-order valence-electron chi connectivity index (χ3n) is 5.58. The number of aromatic nitrogens is 3. The molecule has 1 amide bonds. The third-order valence-corrected chi connectivity index (χ3v) is 5.58. The van der Waals surface area contributed by atoms with Crippen molar-refractivity contribution < 1.29 is 4.79 Å². The van der Waals surface area contributed by atoms with E-state index in [-0.39, 0.29) is 28.7 Å². The number of rotatable bonds is 2. The molecule has 1 saturated carbocycles. The summed E-state index contributed by atoms with van der Waals surface area (Å²) < 4.78 is 1.94. The van der Waals surface area contributed by atoms with Crippen molar-refractivity contribution in [1.29, 1.82) is 0 Å². The quantitative estimate of drug-likeness (QED) is 0.901. The molecule has 5 nitrogen and oxygen atoms in total. The molecular weight excluding hydrogens is 252 g/mol. The number of aryl methyl sites for hydroxylation is 2. The van der Waals surface area contributed by atoms with Gasteiger partial charge in [-0.15, -0.1) is 0 Å². The van der Waals surface area contributed by atoms with Crippen LogP contribution in [0.4, 0.5) is 0 Å². The van der Waals surface area contributed by atoms with Crippen molar-refractivity contribution in [1.82, 2.24) is 20.1 Å². The molecule has 0 spiro atoms. The molecule has 2 heterocycles. The van der Waals surface area contributed by atoms with Gasteiger partial charge in [0, 0.05) is 12.5 Å². The van der Waals surface area contributed by atoms with Crippen LogP contribution >= 0.6 is 0 Å². The standard InChI is InChI=1S/C15H24N4O/c1-9-16-12-10(7-6-8-19(12)18-9)17-13(20)11-14(2,3)15(11,4)5/h10-11H,6-8H2,1-5H3,(H,17,20)/t10-/m1/s1. The molecule has 0 aromatic carbocycles. The van der Waals surface area contributed by atoms with E-state index in [1.165, 1.54) is 0 Å². The first kappa shape index (κ1) is 13.6. The lowest BCUT2D eigenvalue weighted by Gasteiger charge is -2.23. The molecule has 0 radical (unpaired) electrons. The second-order valence-corrected chi connectivity index (χ2v) is 7.32. The summed E-state index contributed by atoms with van der Waals surface area (Å²) in [6, 6.07) is 0.0182. The molecule has 3 rings (SSSR count). The molecule has 5 heteroatoms. The van der Waals surface area contributed by atoms with Gasteiger partial charge in [-0.1, -0.05) is 27.7 Å². The molecule has 1 aliphatic carbocycles. The lowest BCUT2D eigenvalue weighted by molar-refractivity contribution is -0.124. The molecule has 1 atom stereocenters. The van der Waals surface area contributed by atoms with Gasteiger partial charge in [-0.3, -0.25) is 4.79 Å². The Morgan fingerprint density at radius 3 is 2.55 bits per heavy atom. The summed E-state index contributed by atoms with van der Waals surface area (Å²) in [5.41, 5.74) is 0.157. The Morgan fingerprint density at radius 2 is 1.95 bits per heavy atom. The molecule has 1 aliphatic heterocycles. The van der Waals surface area contributed by atoms with Gasteiger partial charge in [-0.25, -0.2) is 9.67 Å². The van der Waals surface area contributed by atoms with E-state index in [1.54, 1.807) is 0 Å². The van der Waals surface area contributed by atoms with Crippen molar-refractivity contribution in [3.05, 3.63) is 11.6 Å². The number of fused-ring (bicyclic) bond motifs is 1. The summed E-state index contributed by atoms with van der Waals surface area (Å²) in [5, 5.41) is 7.58. The van der Waals surface area contributed by atoms with Crippen LogP contribution < -0.4 is 5.32 Å². The van der Waals surface area contributed by atoms with Crippen LogP contribution in [0.25, 0.3) is 0 Å². The number of nitrogens with zero attached hydrogens (tertiary/aromatic N) is 3. The summed E-state index contributed by atoms with van der Waals surface area (Å²) in [7, 11) is 0. The van der Waals surface area contributed by atoms with Crippen LogP contribution in [0.5, 0.6) is 0 Å². The largest absolute Gasteiger partial charge is 0.346 e. The maximum Gasteiger partial charge on any atom is 0.224 e. The Labute approximate surface area is 120 Å². The van der Waals surface area contributed by atoms with E-state index in [0.717, 1.165) is 31.0 Å². The summed E-state index contributed by atoms with van der Waals surface area (Å²) in [6.45, 7) is 11.5. The van der Waals surface area contributed by atoms with Crippen LogP contribution in [0, 0.1) is 23.7 Å². The predicted octanol–water partition coefficient (Wildman–Crippen LogP) is 2.22.